The molecule has 0 radical (unpaired) electrons. The predicted octanol–water partition coefficient (Wildman–Crippen LogP) is 4.00. The monoisotopic (exact) mass is 376 g/mol. The number of sulfonamides is 1. The minimum atomic E-state index is -3.82. The van der Waals surface area contributed by atoms with Crippen molar-refractivity contribution in [3.05, 3.63) is 58.7 Å². The van der Waals surface area contributed by atoms with E-state index in [4.69, 9.17) is 20.9 Å². The second-order valence-corrected chi connectivity index (χ2v) is 7.81. The van der Waals surface area contributed by atoms with Crippen molar-refractivity contribution in [2.24, 2.45) is 0 Å². The molecule has 0 saturated carbocycles. The normalized spacial score (nSPS) is 12.9. The highest BCUT2D eigenvalue weighted by atomic mass is 35.5. The highest BCUT2D eigenvalue weighted by Crippen LogP contribution is 2.39. The Morgan fingerprint density at radius 2 is 2.04 bits per heavy atom. The Hall–Kier alpha value is -2.51. The third-order valence-electron chi connectivity index (χ3n) is 3.90. The average Bonchev–Trinajstić information content (AvgIpc) is 3.06. The Morgan fingerprint density at radius 1 is 1.20 bits per heavy atom. The molecule has 25 heavy (non-hydrogen) atoms. The van der Waals surface area contributed by atoms with Gasteiger partial charge in [0.1, 0.15) is 12.4 Å². The number of nitrogens with zero attached hydrogens (tertiary/aromatic N) is 1. The Balaban J connectivity index is 1.73. The number of aromatic nitrogens is 1. The van der Waals surface area contributed by atoms with Crippen LogP contribution >= 0.6 is 11.6 Å². The van der Waals surface area contributed by atoms with Crippen molar-refractivity contribution in [2.75, 3.05) is 4.72 Å². The lowest BCUT2D eigenvalue weighted by Gasteiger charge is -2.17. The summed E-state index contributed by atoms with van der Waals surface area (Å²) >= 11 is 6.12. The molecule has 4 rings (SSSR count). The molecular formula is C17H13ClN2O4S. The zero-order chi connectivity index (χ0) is 17.6. The molecule has 0 saturated heterocycles. The van der Waals surface area contributed by atoms with Crippen LogP contribution in [0.2, 0.25) is 5.02 Å². The number of hydrogen-bond acceptors (Lipinski definition) is 5. The van der Waals surface area contributed by atoms with Crippen LogP contribution in [-0.2, 0) is 16.6 Å². The van der Waals surface area contributed by atoms with Crippen LogP contribution in [-0.4, -0.2) is 13.6 Å². The smallest absolute Gasteiger partial charge is 0.261 e. The van der Waals surface area contributed by atoms with Gasteiger partial charge in [0.2, 0.25) is 0 Å². The van der Waals surface area contributed by atoms with E-state index in [1.54, 1.807) is 30.5 Å². The van der Waals surface area contributed by atoms with Crippen molar-refractivity contribution >= 4 is 27.3 Å². The first-order chi connectivity index (χ1) is 11.9. The summed E-state index contributed by atoms with van der Waals surface area (Å²) in [6.07, 6.45) is 1.56. The van der Waals surface area contributed by atoms with Gasteiger partial charge >= 0.3 is 0 Å². The topological polar surface area (TPSA) is 81.4 Å². The lowest BCUT2D eigenvalue weighted by Crippen LogP contribution is -2.14. The lowest BCUT2D eigenvalue weighted by molar-refractivity contribution is 0.297. The third-order valence-corrected chi connectivity index (χ3v) is 5.58. The molecule has 0 fully saturated rings. The van der Waals surface area contributed by atoms with Gasteiger partial charge in [0.25, 0.3) is 10.0 Å². The molecule has 0 amide bonds. The molecule has 2 aromatic carbocycles. The molecule has 0 unspecified atom stereocenters. The van der Waals surface area contributed by atoms with Gasteiger partial charge in [0, 0.05) is 0 Å². The second kappa shape index (κ2) is 5.79. The van der Waals surface area contributed by atoms with Gasteiger partial charge in [0.05, 0.1) is 32.9 Å². The molecular weight excluding hydrogens is 364 g/mol. The minimum Gasteiger partial charge on any atom is -0.488 e. The summed E-state index contributed by atoms with van der Waals surface area (Å²) in [6.45, 7) is 2.22. The zero-order valence-electron chi connectivity index (χ0n) is 13.1. The van der Waals surface area contributed by atoms with E-state index < -0.39 is 10.0 Å². The Labute approximate surface area is 149 Å². The number of anilines is 1. The fourth-order valence-electron chi connectivity index (χ4n) is 2.63. The number of benzene rings is 2. The van der Waals surface area contributed by atoms with Crippen LogP contribution in [0, 0.1) is 6.92 Å². The Kier molecular flexibility index (Phi) is 3.70. The van der Waals surface area contributed by atoms with Crippen LogP contribution in [0.1, 0.15) is 11.1 Å². The van der Waals surface area contributed by atoms with Gasteiger partial charge in [-0.25, -0.2) is 8.42 Å². The maximum absolute atomic E-state index is 12.7. The Morgan fingerprint density at radius 3 is 2.84 bits per heavy atom. The van der Waals surface area contributed by atoms with E-state index in [2.05, 4.69) is 9.88 Å². The number of fused-ring (bicyclic) bond motifs is 3. The van der Waals surface area contributed by atoms with E-state index in [1.807, 2.05) is 6.92 Å². The zero-order valence-corrected chi connectivity index (χ0v) is 14.7. The van der Waals surface area contributed by atoms with Crippen molar-refractivity contribution in [1.82, 2.24) is 5.16 Å². The standard InChI is InChI=1S/C17H13ClN2O4S/c1-10-2-4-15(14(18)6-10)20-25(21,22)12-3-5-16-13(7-12)17-11(9-23-16)8-19-24-17/h2-8,20H,9H2,1H3. The maximum Gasteiger partial charge on any atom is 0.261 e. The summed E-state index contributed by atoms with van der Waals surface area (Å²) in [7, 11) is -3.82. The van der Waals surface area contributed by atoms with Gasteiger partial charge in [-0.3, -0.25) is 4.72 Å². The summed E-state index contributed by atoms with van der Waals surface area (Å²) < 4.78 is 38.8. The van der Waals surface area contributed by atoms with Crippen LogP contribution in [0.25, 0.3) is 11.3 Å². The first kappa shape index (κ1) is 16.0. The van der Waals surface area contributed by atoms with Crippen LogP contribution in [0.5, 0.6) is 5.75 Å². The molecule has 1 N–H and O–H groups in total. The lowest BCUT2D eigenvalue weighted by atomic mass is 10.1. The first-order valence-corrected chi connectivity index (χ1v) is 9.30. The molecule has 0 bridgehead atoms. The molecule has 6 nitrogen and oxygen atoms in total. The molecule has 8 heteroatoms. The predicted molar refractivity (Wildman–Crippen MR) is 93.3 cm³/mol. The molecule has 0 atom stereocenters. The van der Waals surface area contributed by atoms with Gasteiger partial charge < -0.3 is 9.26 Å². The molecule has 1 aromatic heterocycles. The highest BCUT2D eigenvalue weighted by molar-refractivity contribution is 7.92. The van der Waals surface area contributed by atoms with Gasteiger partial charge in [-0.05, 0) is 42.8 Å². The molecule has 0 aliphatic carbocycles. The second-order valence-electron chi connectivity index (χ2n) is 5.72. The highest BCUT2D eigenvalue weighted by Gasteiger charge is 2.25. The van der Waals surface area contributed by atoms with Crippen molar-refractivity contribution in [3.8, 4) is 17.1 Å². The largest absolute Gasteiger partial charge is 0.488 e. The number of nitrogens with one attached hydrogen (secondary N) is 1. The molecule has 1 aliphatic rings. The van der Waals surface area contributed by atoms with Gasteiger partial charge in [0.15, 0.2) is 5.76 Å². The van der Waals surface area contributed by atoms with E-state index >= 15 is 0 Å². The fraction of sp³-hybridized carbons (Fsp3) is 0.118. The molecule has 1 aliphatic heterocycles. The average molecular weight is 377 g/mol. The molecule has 3 aromatic rings. The van der Waals surface area contributed by atoms with Crippen LogP contribution in [0.15, 0.2) is 52.0 Å². The third kappa shape index (κ3) is 2.85. The summed E-state index contributed by atoms with van der Waals surface area (Å²) in [4.78, 5) is 0.0794. The van der Waals surface area contributed by atoms with Crippen molar-refractivity contribution in [3.63, 3.8) is 0 Å². The number of ether oxygens (including phenoxy) is 1. The maximum atomic E-state index is 12.7. The summed E-state index contributed by atoms with van der Waals surface area (Å²) in [5.41, 5.74) is 2.59. The fourth-order valence-corrected chi connectivity index (χ4v) is 4.07. The number of aryl methyl sites for hydroxylation is 1. The summed E-state index contributed by atoms with van der Waals surface area (Å²) in [6, 6.07) is 9.69. The van der Waals surface area contributed by atoms with E-state index in [9.17, 15) is 8.42 Å². The van der Waals surface area contributed by atoms with Crippen LogP contribution in [0.4, 0.5) is 5.69 Å². The first-order valence-electron chi connectivity index (χ1n) is 7.44. The minimum absolute atomic E-state index is 0.0794. The van der Waals surface area contributed by atoms with Crippen molar-refractivity contribution < 1.29 is 17.7 Å². The molecule has 2 heterocycles. The van der Waals surface area contributed by atoms with Gasteiger partial charge in [-0.1, -0.05) is 22.8 Å². The van der Waals surface area contributed by atoms with Crippen molar-refractivity contribution in [1.29, 1.82) is 0 Å². The molecule has 0 spiro atoms. The van der Waals surface area contributed by atoms with Gasteiger partial charge in [-0.2, -0.15) is 0 Å². The van der Waals surface area contributed by atoms with E-state index in [0.29, 0.717) is 34.4 Å². The van der Waals surface area contributed by atoms with E-state index in [1.165, 1.54) is 12.1 Å². The van der Waals surface area contributed by atoms with E-state index in [-0.39, 0.29) is 4.90 Å². The Bertz CT molecular complexity index is 1080. The van der Waals surface area contributed by atoms with Crippen LogP contribution < -0.4 is 9.46 Å². The van der Waals surface area contributed by atoms with E-state index in [0.717, 1.165) is 11.1 Å². The SMILES string of the molecule is Cc1ccc(NS(=O)(=O)c2ccc3c(c2)-c2oncc2CO3)c(Cl)c1. The molecule has 128 valence electrons. The number of halogens is 1. The quantitative estimate of drug-likeness (QED) is 0.747. The van der Waals surface area contributed by atoms with Gasteiger partial charge in [-0.15, -0.1) is 0 Å². The van der Waals surface area contributed by atoms with Crippen LogP contribution in [0.3, 0.4) is 0 Å². The number of rotatable bonds is 3. The van der Waals surface area contributed by atoms with Crippen molar-refractivity contribution in [2.45, 2.75) is 18.4 Å². The summed E-state index contributed by atoms with van der Waals surface area (Å²) in [5, 5.41) is 4.08. The number of hydrogen-bond donors (Lipinski definition) is 1. The summed E-state index contributed by atoms with van der Waals surface area (Å²) in [5.74, 6) is 1.07.